The van der Waals surface area contributed by atoms with Crippen LogP contribution in [0.25, 0.3) is 32.9 Å². The Balaban J connectivity index is 0.882. The molecule has 2 amide bonds. The summed E-state index contributed by atoms with van der Waals surface area (Å²) in [5.74, 6) is -0.807. The topological polar surface area (TPSA) is 146 Å². The lowest BCUT2D eigenvalue weighted by atomic mass is 9.92. The number of pyridine rings is 2. The van der Waals surface area contributed by atoms with Crippen molar-refractivity contribution in [3.63, 3.8) is 0 Å². The Morgan fingerprint density at radius 3 is 2.53 bits per heavy atom. The Bertz CT molecular complexity index is 1970. The summed E-state index contributed by atoms with van der Waals surface area (Å²) in [6, 6.07) is 16.4. The van der Waals surface area contributed by atoms with Crippen molar-refractivity contribution in [2.45, 2.75) is 25.3 Å². The first-order chi connectivity index (χ1) is 22.0. The number of anilines is 2. The maximum absolute atomic E-state index is 13.2. The van der Waals surface area contributed by atoms with E-state index < -0.39 is 17.9 Å². The van der Waals surface area contributed by atoms with E-state index in [4.69, 9.17) is 4.74 Å². The second kappa shape index (κ2) is 11.9. The van der Waals surface area contributed by atoms with Crippen molar-refractivity contribution in [1.29, 1.82) is 0 Å². The number of benzene rings is 2. The van der Waals surface area contributed by atoms with Gasteiger partial charge in [0, 0.05) is 71.2 Å². The Labute approximate surface area is 258 Å². The van der Waals surface area contributed by atoms with Crippen molar-refractivity contribution >= 4 is 56.7 Å². The van der Waals surface area contributed by atoms with Crippen LogP contribution in [0, 0.1) is 0 Å². The Morgan fingerprint density at radius 1 is 0.867 bits per heavy atom. The number of aromatic amines is 1. The van der Waals surface area contributed by atoms with E-state index in [1.165, 1.54) is 0 Å². The maximum Gasteiger partial charge on any atom is 0.264 e. The summed E-state index contributed by atoms with van der Waals surface area (Å²) < 4.78 is 5.74. The zero-order valence-corrected chi connectivity index (χ0v) is 24.3. The molecule has 1 aliphatic carbocycles. The molecule has 11 nitrogen and oxygen atoms in total. The van der Waals surface area contributed by atoms with Crippen LogP contribution in [-0.2, 0) is 14.3 Å². The molecule has 1 unspecified atom stereocenters. The number of rotatable bonds is 10. The number of amides is 2. The van der Waals surface area contributed by atoms with E-state index in [0.717, 1.165) is 43.7 Å². The van der Waals surface area contributed by atoms with E-state index in [1.807, 2.05) is 30.6 Å². The first-order valence-corrected chi connectivity index (χ1v) is 14.9. The molecule has 11 heteroatoms. The van der Waals surface area contributed by atoms with E-state index in [-0.39, 0.29) is 42.0 Å². The minimum absolute atomic E-state index is 0.159. The third-order valence-corrected chi connectivity index (χ3v) is 8.31. The minimum atomic E-state index is -0.891. The molecule has 0 radical (unpaired) electrons. The molecule has 1 fully saturated rings. The Hall–Kier alpha value is -5.42. The summed E-state index contributed by atoms with van der Waals surface area (Å²) in [4.78, 5) is 63.6. The molecule has 226 valence electrons. The monoisotopic (exact) mass is 602 g/mol. The lowest BCUT2D eigenvalue weighted by Gasteiger charge is -2.27. The third-order valence-electron chi connectivity index (χ3n) is 8.31. The van der Waals surface area contributed by atoms with Gasteiger partial charge in [0.15, 0.2) is 5.78 Å². The highest BCUT2D eigenvalue weighted by Crippen LogP contribution is 2.33. The summed E-state index contributed by atoms with van der Waals surface area (Å²) in [5.41, 5.74) is 5.22. The van der Waals surface area contributed by atoms with E-state index >= 15 is 0 Å². The smallest absolute Gasteiger partial charge is 0.264 e. The molecular formula is C34H30N6O5. The number of aromatic nitrogens is 3. The van der Waals surface area contributed by atoms with Gasteiger partial charge < -0.3 is 20.4 Å². The quantitative estimate of drug-likeness (QED) is 0.119. The van der Waals surface area contributed by atoms with Crippen molar-refractivity contribution < 1.29 is 23.9 Å². The fourth-order valence-corrected chi connectivity index (χ4v) is 6.07. The fraction of sp³-hybridized carbons (Fsp3) is 0.235. The number of carbonyl (C=O) groups excluding carboxylic acids is 4. The van der Waals surface area contributed by atoms with E-state index in [2.05, 4.69) is 43.8 Å². The minimum Gasteiger partial charge on any atom is -0.382 e. The molecule has 1 saturated carbocycles. The van der Waals surface area contributed by atoms with Gasteiger partial charge in [-0.1, -0.05) is 18.2 Å². The van der Waals surface area contributed by atoms with E-state index in [0.29, 0.717) is 32.0 Å². The van der Waals surface area contributed by atoms with Crippen LogP contribution in [0.4, 0.5) is 11.5 Å². The number of ketones is 2. The van der Waals surface area contributed by atoms with Crippen LogP contribution in [0.1, 0.15) is 40.0 Å². The standard InChI is InChI=1S/C34H30N6O5/c41-22-6-8-29(30(42)17-22)40-33(43)24-2-1-3-27(32(24)34(40)44)36-12-14-45-15-13-37-31-9-5-21(18-38-31)20-4-7-23-25-19-35-11-10-26(25)39-28(23)16-20/h1-5,7,9-11,16,18-19,29,36,39H,6,8,12-15,17H2,(H,37,38). The number of hydrogen-bond donors (Lipinski definition) is 3. The van der Waals surface area contributed by atoms with Crippen molar-refractivity contribution in [2.75, 3.05) is 36.9 Å². The van der Waals surface area contributed by atoms with Gasteiger partial charge in [0.05, 0.1) is 36.8 Å². The second-order valence-corrected chi connectivity index (χ2v) is 11.1. The van der Waals surface area contributed by atoms with Gasteiger partial charge in [0.1, 0.15) is 11.6 Å². The normalized spacial score (nSPS) is 16.5. The van der Waals surface area contributed by atoms with Crippen LogP contribution in [0.2, 0.25) is 0 Å². The molecule has 7 rings (SSSR count). The predicted molar refractivity (Wildman–Crippen MR) is 169 cm³/mol. The zero-order chi connectivity index (χ0) is 30.9. The lowest BCUT2D eigenvalue weighted by molar-refractivity contribution is -0.132. The summed E-state index contributed by atoms with van der Waals surface area (Å²) in [5, 5.41) is 8.68. The van der Waals surface area contributed by atoms with Crippen molar-refractivity contribution in [3.8, 4) is 11.1 Å². The molecule has 2 aliphatic rings. The van der Waals surface area contributed by atoms with Gasteiger partial charge in [-0.05, 0) is 48.4 Å². The summed E-state index contributed by atoms with van der Waals surface area (Å²) in [6.45, 7) is 1.79. The van der Waals surface area contributed by atoms with Gasteiger partial charge in [-0.3, -0.25) is 29.1 Å². The molecule has 2 aromatic carbocycles. The van der Waals surface area contributed by atoms with Crippen LogP contribution in [-0.4, -0.2) is 75.6 Å². The molecular weight excluding hydrogens is 572 g/mol. The maximum atomic E-state index is 13.2. The molecule has 1 atom stereocenters. The number of imide groups is 1. The average molecular weight is 603 g/mol. The van der Waals surface area contributed by atoms with E-state index in [1.54, 1.807) is 24.4 Å². The molecule has 3 aromatic heterocycles. The number of hydrogen-bond acceptors (Lipinski definition) is 9. The van der Waals surface area contributed by atoms with Gasteiger partial charge in [0.2, 0.25) is 0 Å². The second-order valence-electron chi connectivity index (χ2n) is 11.1. The number of H-pyrrole nitrogens is 1. The number of carbonyl (C=O) groups is 4. The zero-order valence-electron chi connectivity index (χ0n) is 24.3. The highest BCUT2D eigenvalue weighted by Gasteiger charge is 2.45. The van der Waals surface area contributed by atoms with Crippen LogP contribution in [0.3, 0.4) is 0 Å². The first kappa shape index (κ1) is 28.4. The molecule has 5 aromatic rings. The molecule has 1 aliphatic heterocycles. The van der Waals surface area contributed by atoms with Crippen molar-refractivity contribution in [3.05, 3.63) is 84.3 Å². The predicted octanol–water partition coefficient (Wildman–Crippen LogP) is 4.61. The molecule has 3 N–H and O–H groups in total. The van der Waals surface area contributed by atoms with Gasteiger partial charge in [-0.25, -0.2) is 4.98 Å². The molecule has 0 spiro atoms. The summed E-state index contributed by atoms with van der Waals surface area (Å²) >= 11 is 0. The SMILES string of the molecule is O=C1CCC(N2C(=O)c3cccc(NCCOCCNc4ccc(-c5ccc6c(c5)[nH]c5ccncc56)cn4)c3C2=O)C(=O)C1. The number of fused-ring (bicyclic) bond motifs is 4. The molecule has 4 heterocycles. The Morgan fingerprint density at radius 2 is 1.71 bits per heavy atom. The van der Waals surface area contributed by atoms with Gasteiger partial charge >= 0.3 is 0 Å². The molecule has 0 saturated heterocycles. The lowest BCUT2D eigenvalue weighted by Crippen LogP contribution is -2.47. The van der Waals surface area contributed by atoms with Crippen LogP contribution < -0.4 is 10.6 Å². The largest absolute Gasteiger partial charge is 0.382 e. The van der Waals surface area contributed by atoms with E-state index in [9.17, 15) is 19.2 Å². The summed E-state index contributed by atoms with van der Waals surface area (Å²) in [7, 11) is 0. The number of nitrogens with zero attached hydrogens (tertiary/aromatic N) is 3. The van der Waals surface area contributed by atoms with Gasteiger partial charge in [-0.2, -0.15) is 0 Å². The summed E-state index contributed by atoms with van der Waals surface area (Å²) in [6.07, 6.45) is 5.61. The number of nitrogens with one attached hydrogen (secondary N) is 3. The fourth-order valence-electron chi connectivity index (χ4n) is 6.07. The molecule has 45 heavy (non-hydrogen) atoms. The average Bonchev–Trinajstić information content (AvgIpc) is 3.55. The number of ether oxygens (including phenoxy) is 1. The highest BCUT2D eigenvalue weighted by atomic mass is 16.5. The highest BCUT2D eigenvalue weighted by molar-refractivity contribution is 6.25. The van der Waals surface area contributed by atoms with Gasteiger partial charge in [-0.15, -0.1) is 0 Å². The third kappa shape index (κ3) is 5.42. The van der Waals surface area contributed by atoms with Crippen LogP contribution in [0.5, 0.6) is 0 Å². The van der Waals surface area contributed by atoms with Gasteiger partial charge in [0.25, 0.3) is 11.8 Å². The van der Waals surface area contributed by atoms with Crippen molar-refractivity contribution in [2.24, 2.45) is 0 Å². The van der Waals surface area contributed by atoms with Crippen LogP contribution >= 0.6 is 0 Å². The Kier molecular flexibility index (Phi) is 7.52. The van der Waals surface area contributed by atoms with Crippen molar-refractivity contribution in [1.82, 2.24) is 19.9 Å². The first-order valence-electron chi connectivity index (χ1n) is 14.9. The molecule has 0 bridgehead atoms. The van der Waals surface area contributed by atoms with Crippen LogP contribution in [0.15, 0.2) is 73.2 Å². The number of Topliss-reactive ketones (excluding diaryl/α,β-unsaturated/α-hetero) is 2.